The van der Waals surface area contributed by atoms with E-state index in [0.29, 0.717) is 11.1 Å². The molecule has 19 heavy (non-hydrogen) atoms. The Bertz CT molecular complexity index is 525. The molecule has 0 spiro atoms. The van der Waals surface area contributed by atoms with Gasteiger partial charge in [0.05, 0.1) is 6.10 Å². The number of aliphatic hydroxyl groups is 1. The van der Waals surface area contributed by atoms with Gasteiger partial charge in [0.2, 0.25) is 0 Å². The minimum atomic E-state index is -1.08. The third-order valence-corrected chi connectivity index (χ3v) is 2.64. The molecule has 5 N–H and O–H groups in total. The zero-order chi connectivity index (χ0) is 14.7. The van der Waals surface area contributed by atoms with Gasteiger partial charge in [-0.15, -0.1) is 0 Å². The molecule has 0 heterocycles. The topological polar surface area (TPSA) is 125 Å². The number of amides is 2. The van der Waals surface area contributed by atoms with E-state index in [-0.39, 0.29) is 11.5 Å². The van der Waals surface area contributed by atoms with Crippen molar-refractivity contribution in [1.29, 1.82) is 0 Å². The Morgan fingerprint density at radius 1 is 1.21 bits per heavy atom. The van der Waals surface area contributed by atoms with Crippen LogP contribution in [-0.4, -0.2) is 17.3 Å². The quantitative estimate of drug-likeness (QED) is 0.761. The van der Waals surface area contributed by atoms with Crippen molar-refractivity contribution in [2.45, 2.75) is 26.9 Å². The van der Waals surface area contributed by atoms with Gasteiger partial charge in [-0.2, -0.15) is 0 Å². The van der Waals surface area contributed by atoms with Gasteiger partial charge in [-0.3, -0.25) is 0 Å². The van der Waals surface area contributed by atoms with Crippen molar-refractivity contribution < 1.29 is 24.2 Å². The predicted octanol–water partition coefficient (Wildman–Crippen LogP) is 1.27. The molecule has 0 saturated heterocycles. The van der Waals surface area contributed by atoms with E-state index in [1.54, 1.807) is 13.8 Å². The van der Waals surface area contributed by atoms with Crippen molar-refractivity contribution in [3.05, 3.63) is 22.8 Å². The highest BCUT2D eigenvalue weighted by Gasteiger charge is 2.22. The Morgan fingerprint density at radius 2 is 1.74 bits per heavy atom. The molecule has 0 aliphatic carbocycles. The number of hydrogen-bond acceptors (Lipinski definition) is 5. The summed E-state index contributed by atoms with van der Waals surface area (Å²) >= 11 is 0. The lowest BCUT2D eigenvalue weighted by Crippen LogP contribution is -2.21. The fourth-order valence-corrected chi connectivity index (χ4v) is 1.78. The molecule has 1 unspecified atom stereocenters. The van der Waals surface area contributed by atoms with Crippen molar-refractivity contribution in [2.24, 2.45) is 11.5 Å². The number of ether oxygens (including phenoxy) is 2. The van der Waals surface area contributed by atoms with E-state index in [4.69, 9.17) is 20.9 Å². The van der Waals surface area contributed by atoms with Gasteiger partial charge in [0.15, 0.2) is 11.5 Å². The van der Waals surface area contributed by atoms with Gasteiger partial charge in [0, 0.05) is 5.56 Å². The molecule has 7 heteroatoms. The molecule has 0 aliphatic heterocycles. The summed E-state index contributed by atoms with van der Waals surface area (Å²) in [5, 5.41) is 9.78. The molecule has 0 fully saturated rings. The molecule has 1 aromatic carbocycles. The first-order chi connectivity index (χ1) is 8.73. The van der Waals surface area contributed by atoms with E-state index in [1.807, 2.05) is 0 Å². The molecule has 0 saturated carbocycles. The normalized spacial score (nSPS) is 11.8. The summed E-state index contributed by atoms with van der Waals surface area (Å²) < 4.78 is 9.59. The smallest absolute Gasteiger partial charge is 0.406 e. The summed E-state index contributed by atoms with van der Waals surface area (Å²) in [5.41, 5.74) is 11.7. The number of hydrogen-bond donors (Lipinski definition) is 3. The van der Waals surface area contributed by atoms with Crippen LogP contribution in [-0.2, 0) is 0 Å². The molecule has 1 atom stereocenters. The SMILES string of the molecule is Cc1cc(OC(N)=O)c(OC(N)=O)c(C(C)O)c1C. The molecule has 0 aliphatic rings. The van der Waals surface area contributed by atoms with Crippen LogP contribution >= 0.6 is 0 Å². The fourth-order valence-electron chi connectivity index (χ4n) is 1.78. The Labute approximate surface area is 110 Å². The number of primary amides is 2. The third-order valence-electron chi connectivity index (χ3n) is 2.64. The predicted molar refractivity (Wildman–Crippen MR) is 67.0 cm³/mol. The maximum atomic E-state index is 10.9. The van der Waals surface area contributed by atoms with E-state index >= 15 is 0 Å². The second-order valence-electron chi connectivity index (χ2n) is 4.08. The van der Waals surface area contributed by atoms with Gasteiger partial charge in [0.25, 0.3) is 0 Å². The molecular formula is C12H16N2O5. The second-order valence-corrected chi connectivity index (χ2v) is 4.08. The van der Waals surface area contributed by atoms with Crippen LogP contribution in [0.3, 0.4) is 0 Å². The van der Waals surface area contributed by atoms with Crippen molar-refractivity contribution in [3.63, 3.8) is 0 Å². The fraction of sp³-hybridized carbons (Fsp3) is 0.333. The number of carbonyl (C=O) groups is 2. The number of carbonyl (C=O) groups excluding carboxylic acids is 2. The first-order valence-electron chi connectivity index (χ1n) is 5.50. The first-order valence-corrected chi connectivity index (χ1v) is 5.50. The highest BCUT2D eigenvalue weighted by atomic mass is 16.6. The Morgan fingerprint density at radius 3 is 2.16 bits per heavy atom. The average Bonchev–Trinajstić information content (AvgIpc) is 2.23. The van der Waals surface area contributed by atoms with Crippen LogP contribution in [0.1, 0.15) is 29.7 Å². The first kappa shape index (κ1) is 14.8. The maximum Gasteiger partial charge on any atom is 0.410 e. The van der Waals surface area contributed by atoms with Gasteiger partial charge >= 0.3 is 12.2 Å². The van der Waals surface area contributed by atoms with Gasteiger partial charge in [-0.25, -0.2) is 9.59 Å². The molecule has 0 aromatic heterocycles. The molecule has 104 valence electrons. The number of nitrogens with two attached hydrogens (primary N) is 2. The Hall–Kier alpha value is -2.28. The van der Waals surface area contributed by atoms with Crippen molar-refractivity contribution in [3.8, 4) is 11.5 Å². The van der Waals surface area contributed by atoms with Crippen molar-refractivity contribution >= 4 is 12.2 Å². The van der Waals surface area contributed by atoms with Crippen LogP contribution in [0.4, 0.5) is 9.59 Å². The van der Waals surface area contributed by atoms with E-state index in [0.717, 1.165) is 5.56 Å². The van der Waals surface area contributed by atoms with Crippen LogP contribution in [0, 0.1) is 13.8 Å². The summed E-state index contributed by atoms with van der Waals surface area (Å²) in [6.07, 6.45) is -3.09. The lowest BCUT2D eigenvalue weighted by Gasteiger charge is -2.19. The van der Waals surface area contributed by atoms with Crippen LogP contribution in [0.2, 0.25) is 0 Å². The molecule has 2 amide bonds. The third kappa shape index (κ3) is 3.35. The molecule has 1 rings (SSSR count). The number of aryl methyl sites for hydroxylation is 1. The standard InChI is InChI=1S/C12H16N2O5/c1-5-4-8(18-11(13)16)10(19-12(14)17)9(6(5)2)7(3)15/h4,7,15H,1-3H3,(H2,13,16)(H2,14,17). The molecular weight excluding hydrogens is 252 g/mol. The number of benzene rings is 1. The largest absolute Gasteiger partial charge is 0.410 e. The minimum absolute atomic E-state index is 0.0645. The molecule has 0 radical (unpaired) electrons. The summed E-state index contributed by atoms with van der Waals surface area (Å²) in [7, 11) is 0. The lowest BCUT2D eigenvalue weighted by atomic mass is 9.98. The van der Waals surface area contributed by atoms with Crippen molar-refractivity contribution in [1.82, 2.24) is 0 Å². The van der Waals surface area contributed by atoms with Gasteiger partial charge in [-0.1, -0.05) is 0 Å². The Kier molecular flexibility index (Phi) is 4.34. The zero-order valence-corrected chi connectivity index (χ0v) is 10.9. The van der Waals surface area contributed by atoms with Crippen LogP contribution in [0.25, 0.3) is 0 Å². The van der Waals surface area contributed by atoms with Gasteiger partial charge in [-0.05, 0) is 38.0 Å². The summed E-state index contributed by atoms with van der Waals surface area (Å²) in [5.74, 6) is -0.172. The van der Waals surface area contributed by atoms with Gasteiger partial charge < -0.3 is 26.0 Å². The lowest BCUT2D eigenvalue weighted by molar-refractivity contribution is 0.183. The average molecular weight is 268 g/mol. The molecule has 7 nitrogen and oxygen atoms in total. The monoisotopic (exact) mass is 268 g/mol. The number of rotatable bonds is 3. The van der Waals surface area contributed by atoms with Crippen molar-refractivity contribution in [2.75, 3.05) is 0 Å². The Balaban J connectivity index is 3.52. The summed E-state index contributed by atoms with van der Waals surface area (Å²) in [4.78, 5) is 21.8. The summed E-state index contributed by atoms with van der Waals surface area (Å²) in [6, 6.07) is 1.48. The minimum Gasteiger partial charge on any atom is -0.406 e. The van der Waals surface area contributed by atoms with Crippen LogP contribution < -0.4 is 20.9 Å². The second kappa shape index (κ2) is 5.57. The van der Waals surface area contributed by atoms with E-state index < -0.39 is 18.3 Å². The maximum absolute atomic E-state index is 10.9. The van der Waals surface area contributed by atoms with Crippen LogP contribution in [0.15, 0.2) is 6.07 Å². The van der Waals surface area contributed by atoms with Crippen LogP contribution in [0.5, 0.6) is 11.5 Å². The summed E-state index contributed by atoms with van der Waals surface area (Å²) in [6.45, 7) is 4.98. The van der Waals surface area contributed by atoms with Gasteiger partial charge in [0.1, 0.15) is 0 Å². The highest BCUT2D eigenvalue weighted by molar-refractivity contribution is 5.74. The van der Waals surface area contributed by atoms with E-state index in [9.17, 15) is 14.7 Å². The van der Waals surface area contributed by atoms with E-state index in [1.165, 1.54) is 13.0 Å². The molecule has 0 bridgehead atoms. The molecule has 1 aromatic rings. The van der Waals surface area contributed by atoms with E-state index in [2.05, 4.69) is 0 Å². The highest BCUT2D eigenvalue weighted by Crippen LogP contribution is 2.39. The zero-order valence-electron chi connectivity index (χ0n) is 10.9. The number of aliphatic hydroxyl groups excluding tert-OH is 1.